The Labute approximate surface area is 125 Å². The van der Waals surface area contributed by atoms with Crippen molar-refractivity contribution in [3.8, 4) is 0 Å². The van der Waals surface area contributed by atoms with Crippen molar-refractivity contribution < 1.29 is 4.52 Å². The minimum atomic E-state index is 0.143. The molecule has 1 aromatic rings. The molecular formula is C17H23N3O. The van der Waals surface area contributed by atoms with Crippen LogP contribution in [-0.2, 0) is 5.41 Å². The molecule has 0 aromatic carbocycles. The molecule has 4 saturated carbocycles. The molecule has 0 aliphatic heterocycles. The third kappa shape index (κ3) is 1.84. The topological polar surface area (TPSA) is 64.9 Å². The first-order valence-electron chi connectivity index (χ1n) is 8.48. The lowest BCUT2D eigenvalue weighted by Crippen LogP contribution is -2.49. The van der Waals surface area contributed by atoms with Gasteiger partial charge in [0.05, 0.1) is 5.92 Å². The van der Waals surface area contributed by atoms with E-state index in [0.29, 0.717) is 0 Å². The van der Waals surface area contributed by atoms with Crippen LogP contribution < -0.4 is 5.73 Å². The van der Waals surface area contributed by atoms with Gasteiger partial charge in [-0.15, -0.1) is 0 Å². The largest absolute Gasteiger partial charge is 0.339 e. The van der Waals surface area contributed by atoms with Gasteiger partial charge in [0, 0.05) is 11.5 Å². The molecule has 1 heterocycles. The Bertz CT molecular complexity index is 555. The molecule has 4 heteroatoms. The maximum Gasteiger partial charge on any atom is 0.233 e. The Morgan fingerprint density at radius 3 is 2.24 bits per heavy atom. The van der Waals surface area contributed by atoms with Crippen LogP contribution in [0.2, 0.25) is 0 Å². The first-order chi connectivity index (χ1) is 10.2. The SMILES string of the molecule is NC1C=CC(c2nc(C34CC5CC(CC(C5)C3)C4)no2)C1. The van der Waals surface area contributed by atoms with E-state index < -0.39 is 0 Å². The van der Waals surface area contributed by atoms with Gasteiger partial charge in [0.2, 0.25) is 5.89 Å². The Morgan fingerprint density at radius 2 is 1.67 bits per heavy atom. The van der Waals surface area contributed by atoms with Crippen LogP contribution in [0, 0.1) is 17.8 Å². The van der Waals surface area contributed by atoms with Crippen LogP contribution in [0.3, 0.4) is 0 Å². The third-order valence-corrected chi connectivity index (χ3v) is 6.39. The van der Waals surface area contributed by atoms with Gasteiger partial charge in [-0.05, 0) is 62.7 Å². The average molecular weight is 285 g/mol. The summed E-state index contributed by atoms with van der Waals surface area (Å²) in [6.45, 7) is 0. The summed E-state index contributed by atoms with van der Waals surface area (Å²) >= 11 is 0. The lowest BCUT2D eigenvalue weighted by Gasteiger charge is -2.55. The lowest BCUT2D eigenvalue weighted by atomic mass is 9.49. The highest BCUT2D eigenvalue weighted by Gasteiger charge is 2.53. The van der Waals surface area contributed by atoms with Gasteiger partial charge in [-0.2, -0.15) is 4.98 Å². The van der Waals surface area contributed by atoms with Gasteiger partial charge >= 0.3 is 0 Å². The zero-order valence-electron chi connectivity index (χ0n) is 12.4. The molecule has 0 saturated heterocycles. The minimum absolute atomic E-state index is 0.143. The van der Waals surface area contributed by atoms with Crippen molar-refractivity contribution in [1.82, 2.24) is 10.1 Å². The predicted molar refractivity (Wildman–Crippen MR) is 78.6 cm³/mol. The number of allylic oxidation sites excluding steroid dienone is 1. The Morgan fingerprint density at radius 1 is 1.00 bits per heavy atom. The summed E-state index contributed by atoms with van der Waals surface area (Å²) in [5.74, 6) is 4.76. The molecule has 2 atom stereocenters. The lowest BCUT2D eigenvalue weighted by molar-refractivity contribution is -0.0103. The first kappa shape index (κ1) is 12.4. The van der Waals surface area contributed by atoms with Crippen LogP contribution in [0.15, 0.2) is 16.7 Å². The average Bonchev–Trinajstić information content (AvgIpc) is 3.05. The molecule has 0 amide bonds. The van der Waals surface area contributed by atoms with Crippen LogP contribution in [0.25, 0.3) is 0 Å². The van der Waals surface area contributed by atoms with Gasteiger partial charge in [-0.1, -0.05) is 17.3 Å². The number of rotatable bonds is 2. The summed E-state index contributed by atoms with van der Waals surface area (Å²) in [7, 11) is 0. The fourth-order valence-electron chi connectivity index (χ4n) is 5.90. The van der Waals surface area contributed by atoms with Crippen LogP contribution >= 0.6 is 0 Å². The monoisotopic (exact) mass is 285 g/mol. The molecule has 112 valence electrons. The minimum Gasteiger partial charge on any atom is -0.339 e. The Kier molecular flexibility index (Phi) is 2.47. The highest BCUT2D eigenvalue weighted by atomic mass is 16.5. The van der Waals surface area contributed by atoms with Crippen LogP contribution in [0.1, 0.15) is 62.6 Å². The second-order valence-corrected chi connectivity index (χ2v) is 8.05. The molecule has 0 radical (unpaired) electrons. The van der Waals surface area contributed by atoms with Crippen molar-refractivity contribution in [2.45, 2.75) is 62.3 Å². The van der Waals surface area contributed by atoms with Crippen LogP contribution in [0.5, 0.6) is 0 Å². The van der Waals surface area contributed by atoms with E-state index in [9.17, 15) is 0 Å². The van der Waals surface area contributed by atoms with E-state index in [-0.39, 0.29) is 17.4 Å². The maximum atomic E-state index is 5.94. The molecule has 4 bridgehead atoms. The van der Waals surface area contributed by atoms with Crippen molar-refractivity contribution >= 4 is 0 Å². The van der Waals surface area contributed by atoms with E-state index in [1.807, 2.05) is 0 Å². The highest BCUT2D eigenvalue weighted by Crippen LogP contribution is 2.60. The summed E-state index contributed by atoms with van der Waals surface area (Å²) in [5.41, 5.74) is 6.18. The van der Waals surface area contributed by atoms with E-state index in [0.717, 1.165) is 35.9 Å². The fourth-order valence-corrected chi connectivity index (χ4v) is 5.90. The van der Waals surface area contributed by atoms with Crippen LogP contribution in [-0.4, -0.2) is 16.2 Å². The molecule has 5 aliphatic rings. The second-order valence-electron chi connectivity index (χ2n) is 8.05. The number of nitrogens with two attached hydrogens (primary N) is 1. The number of nitrogens with zero attached hydrogens (tertiary/aromatic N) is 2. The second kappa shape index (κ2) is 4.19. The summed E-state index contributed by atoms with van der Waals surface area (Å²) in [5, 5.41) is 4.42. The predicted octanol–water partition coefficient (Wildman–Crippen LogP) is 2.91. The zero-order valence-corrected chi connectivity index (χ0v) is 12.4. The van der Waals surface area contributed by atoms with E-state index in [1.165, 1.54) is 38.5 Å². The number of aromatic nitrogens is 2. The zero-order chi connectivity index (χ0) is 14.0. The maximum absolute atomic E-state index is 5.94. The van der Waals surface area contributed by atoms with Crippen LogP contribution in [0.4, 0.5) is 0 Å². The van der Waals surface area contributed by atoms with E-state index in [2.05, 4.69) is 17.3 Å². The Hall–Kier alpha value is -1.16. The van der Waals surface area contributed by atoms with Crippen molar-refractivity contribution in [2.75, 3.05) is 0 Å². The van der Waals surface area contributed by atoms with Gasteiger partial charge in [0.25, 0.3) is 0 Å². The number of hydrogen-bond acceptors (Lipinski definition) is 4. The summed E-state index contributed by atoms with van der Waals surface area (Å²) in [6.07, 6.45) is 13.3. The fraction of sp³-hybridized carbons (Fsp3) is 0.765. The highest BCUT2D eigenvalue weighted by molar-refractivity contribution is 5.20. The molecule has 2 unspecified atom stereocenters. The standard InChI is InChI=1S/C17H23N3O/c18-14-2-1-13(6-14)15-19-16(20-21-15)17-7-10-3-11(8-17)5-12(4-10)9-17/h1-2,10-14H,3-9,18H2. The molecule has 21 heavy (non-hydrogen) atoms. The van der Waals surface area contributed by atoms with Gasteiger partial charge in [-0.25, -0.2) is 0 Å². The number of hydrogen-bond donors (Lipinski definition) is 1. The van der Waals surface area contributed by atoms with Gasteiger partial charge in [-0.3, -0.25) is 0 Å². The van der Waals surface area contributed by atoms with Gasteiger partial charge < -0.3 is 10.3 Å². The normalized spacial score (nSPS) is 47.4. The molecule has 2 N–H and O–H groups in total. The molecular weight excluding hydrogens is 262 g/mol. The van der Waals surface area contributed by atoms with Crippen molar-refractivity contribution in [1.29, 1.82) is 0 Å². The molecule has 5 aliphatic carbocycles. The quantitative estimate of drug-likeness (QED) is 0.849. The van der Waals surface area contributed by atoms with Gasteiger partial charge in [0.15, 0.2) is 5.82 Å². The van der Waals surface area contributed by atoms with E-state index in [1.54, 1.807) is 0 Å². The van der Waals surface area contributed by atoms with Crippen molar-refractivity contribution in [3.05, 3.63) is 23.9 Å². The smallest absolute Gasteiger partial charge is 0.233 e. The van der Waals surface area contributed by atoms with Crippen molar-refractivity contribution in [3.63, 3.8) is 0 Å². The summed E-state index contributed by atoms with van der Waals surface area (Å²) in [4.78, 5) is 4.83. The van der Waals surface area contributed by atoms with E-state index >= 15 is 0 Å². The summed E-state index contributed by atoms with van der Waals surface area (Å²) in [6, 6.07) is 0.143. The molecule has 1 aromatic heterocycles. The third-order valence-electron chi connectivity index (χ3n) is 6.39. The van der Waals surface area contributed by atoms with Crippen molar-refractivity contribution in [2.24, 2.45) is 23.5 Å². The van der Waals surface area contributed by atoms with Gasteiger partial charge in [0.1, 0.15) is 0 Å². The summed E-state index contributed by atoms with van der Waals surface area (Å²) < 4.78 is 5.62. The molecule has 6 rings (SSSR count). The van der Waals surface area contributed by atoms with E-state index in [4.69, 9.17) is 15.2 Å². The molecule has 4 fully saturated rings. The Balaban J connectivity index is 1.45. The molecule has 4 nitrogen and oxygen atoms in total. The molecule has 0 spiro atoms. The first-order valence-corrected chi connectivity index (χ1v) is 8.48.